The Morgan fingerprint density at radius 2 is 1.84 bits per heavy atom. The highest BCUT2D eigenvalue weighted by atomic mass is 19.3. The number of imidazole rings is 1. The molecule has 1 saturated heterocycles. The Morgan fingerprint density at radius 1 is 1.06 bits per heavy atom. The number of piperidine rings is 1. The van der Waals surface area contributed by atoms with Gasteiger partial charge in [0.2, 0.25) is 0 Å². The fourth-order valence-corrected chi connectivity index (χ4v) is 7.66. The molecule has 2 aliphatic carbocycles. The maximum atomic E-state index is 13.9. The number of aryl methyl sites for hydroxylation is 1. The monoisotopic (exact) mass is 683 g/mol. The van der Waals surface area contributed by atoms with E-state index in [0.29, 0.717) is 40.9 Å². The van der Waals surface area contributed by atoms with Gasteiger partial charge in [0.05, 0.1) is 35.6 Å². The first-order valence-electron chi connectivity index (χ1n) is 17.1. The molecule has 2 amide bonds. The summed E-state index contributed by atoms with van der Waals surface area (Å²) in [6.45, 7) is 3.13. The van der Waals surface area contributed by atoms with Gasteiger partial charge in [0.15, 0.2) is 11.6 Å². The van der Waals surface area contributed by atoms with E-state index >= 15 is 0 Å². The number of alkyl halides is 2. The Kier molecular flexibility index (Phi) is 8.00. The van der Waals surface area contributed by atoms with Crippen molar-refractivity contribution in [3.05, 3.63) is 65.4 Å². The lowest BCUT2D eigenvalue weighted by molar-refractivity contribution is 0.0603. The predicted molar refractivity (Wildman–Crippen MR) is 182 cm³/mol. The molecule has 260 valence electrons. The summed E-state index contributed by atoms with van der Waals surface area (Å²) < 4.78 is 35.8. The van der Waals surface area contributed by atoms with Gasteiger partial charge >= 0.3 is 0 Å². The van der Waals surface area contributed by atoms with E-state index in [1.165, 1.54) is 0 Å². The van der Waals surface area contributed by atoms with Crippen LogP contribution in [-0.2, 0) is 13.6 Å². The molecule has 3 fully saturated rings. The van der Waals surface area contributed by atoms with E-state index in [1.807, 2.05) is 47.7 Å². The summed E-state index contributed by atoms with van der Waals surface area (Å²) in [5.74, 6) is 1.13. The van der Waals surface area contributed by atoms with Crippen LogP contribution < -0.4 is 15.8 Å². The zero-order valence-corrected chi connectivity index (χ0v) is 28.1. The minimum atomic E-state index is -2.81. The second-order valence-electron chi connectivity index (χ2n) is 13.9. The van der Waals surface area contributed by atoms with Gasteiger partial charge in [-0.25, -0.2) is 28.7 Å². The second kappa shape index (κ2) is 12.4. The predicted octanol–water partition coefficient (Wildman–Crippen LogP) is 5.18. The van der Waals surface area contributed by atoms with Crippen LogP contribution >= 0.6 is 0 Å². The van der Waals surface area contributed by atoms with Crippen LogP contribution in [0, 0.1) is 11.8 Å². The number of pyridine rings is 1. The first-order valence-corrected chi connectivity index (χ1v) is 17.1. The first kappa shape index (κ1) is 32.2. The number of carbonyl (C=O) groups is 2. The number of hydrogen-bond donors (Lipinski definition) is 2. The van der Waals surface area contributed by atoms with E-state index in [0.717, 1.165) is 79.1 Å². The largest absolute Gasteiger partial charge is 0.494 e. The van der Waals surface area contributed by atoms with Crippen molar-refractivity contribution in [1.29, 1.82) is 0 Å². The van der Waals surface area contributed by atoms with E-state index in [1.54, 1.807) is 7.11 Å². The van der Waals surface area contributed by atoms with E-state index in [-0.39, 0.29) is 23.6 Å². The summed E-state index contributed by atoms with van der Waals surface area (Å²) in [6.07, 6.45) is 4.63. The average molecular weight is 684 g/mol. The van der Waals surface area contributed by atoms with Crippen molar-refractivity contribution in [2.45, 2.75) is 70.1 Å². The fourth-order valence-electron chi connectivity index (χ4n) is 7.66. The summed E-state index contributed by atoms with van der Waals surface area (Å²) in [6, 6.07) is 9.30. The van der Waals surface area contributed by atoms with E-state index in [9.17, 15) is 18.4 Å². The van der Waals surface area contributed by atoms with Gasteiger partial charge in [-0.3, -0.25) is 9.59 Å². The molecule has 5 heterocycles. The van der Waals surface area contributed by atoms with Gasteiger partial charge in [-0.15, -0.1) is 0 Å². The molecule has 14 heteroatoms. The lowest BCUT2D eigenvalue weighted by atomic mass is 9.94. The Balaban J connectivity index is 1.13. The third-order valence-electron chi connectivity index (χ3n) is 10.6. The van der Waals surface area contributed by atoms with Crippen molar-refractivity contribution in [1.82, 2.24) is 39.3 Å². The van der Waals surface area contributed by atoms with Crippen LogP contribution in [0.2, 0.25) is 0 Å². The molecule has 3 aliphatic rings. The molecule has 0 unspecified atom stereocenters. The van der Waals surface area contributed by atoms with Gasteiger partial charge in [0.1, 0.15) is 16.9 Å². The Labute approximate surface area is 287 Å². The Morgan fingerprint density at radius 3 is 2.56 bits per heavy atom. The van der Waals surface area contributed by atoms with Crippen molar-refractivity contribution >= 4 is 33.9 Å². The van der Waals surface area contributed by atoms with E-state index < -0.39 is 24.2 Å². The summed E-state index contributed by atoms with van der Waals surface area (Å²) in [4.78, 5) is 46.0. The van der Waals surface area contributed by atoms with Gasteiger partial charge in [0.25, 0.3) is 18.2 Å². The summed E-state index contributed by atoms with van der Waals surface area (Å²) >= 11 is 0. The van der Waals surface area contributed by atoms with E-state index in [2.05, 4.69) is 25.9 Å². The summed E-state index contributed by atoms with van der Waals surface area (Å²) in [5.41, 5.74) is 10.8. The van der Waals surface area contributed by atoms with Crippen molar-refractivity contribution in [3.8, 4) is 17.3 Å². The van der Waals surface area contributed by atoms with Gasteiger partial charge in [-0.2, -0.15) is 0 Å². The molecule has 5 aromatic rings. The van der Waals surface area contributed by atoms with Crippen LogP contribution in [0.25, 0.3) is 33.6 Å². The number of halogens is 2. The molecule has 1 aliphatic heterocycles. The number of amides is 2. The summed E-state index contributed by atoms with van der Waals surface area (Å²) in [7, 11) is 3.55. The van der Waals surface area contributed by atoms with Gasteiger partial charge in [-0.1, -0.05) is 0 Å². The zero-order chi connectivity index (χ0) is 34.8. The first-order chi connectivity index (χ1) is 24.1. The maximum Gasteiger partial charge on any atom is 0.297 e. The molecule has 2 saturated carbocycles. The Bertz CT molecular complexity index is 2120. The number of carbonyl (C=O) groups excluding carboxylic acids is 2. The van der Waals surface area contributed by atoms with Crippen LogP contribution in [-0.4, -0.2) is 71.5 Å². The topological polar surface area (TPSA) is 146 Å². The molecular weight excluding hydrogens is 644 g/mol. The molecule has 8 rings (SSSR count). The molecule has 50 heavy (non-hydrogen) atoms. The molecule has 0 spiro atoms. The molecule has 2 bridgehead atoms. The van der Waals surface area contributed by atoms with Gasteiger partial charge in [-0.05, 0) is 81.2 Å². The quantitative estimate of drug-likeness (QED) is 0.216. The molecule has 1 aromatic carbocycles. The van der Waals surface area contributed by atoms with Crippen LogP contribution in [0.1, 0.15) is 83.7 Å². The molecule has 4 atom stereocenters. The minimum Gasteiger partial charge on any atom is -0.494 e. The smallest absolute Gasteiger partial charge is 0.297 e. The third kappa shape index (κ3) is 5.64. The average Bonchev–Trinajstić information content (AvgIpc) is 3.58. The molecule has 3 N–H and O–H groups in total. The minimum absolute atomic E-state index is 0.00592. The SMILES string of the molecule is COc1cc(C(=O)N2C[C@H](N)[C@@H]3CC[C@H]2C3)cc2nc(-c3cc4ccc([C@@H](C)NC(=O)c5cnc(C(F)F)nc5)nc4n3CC3CC3)n(C)c12. The lowest BCUT2D eigenvalue weighted by Crippen LogP contribution is -2.51. The number of benzene rings is 1. The fraction of sp³-hybridized carbons (Fsp3) is 0.444. The number of nitrogens with zero attached hydrogens (tertiary/aromatic N) is 7. The molecule has 4 aromatic heterocycles. The molecule has 0 radical (unpaired) electrons. The number of nitrogens with two attached hydrogens (primary N) is 1. The number of rotatable bonds is 9. The van der Waals surface area contributed by atoms with Gasteiger partial charge < -0.3 is 29.8 Å². The lowest BCUT2D eigenvalue weighted by Gasteiger charge is -2.37. The Hall–Kier alpha value is -4.98. The zero-order valence-electron chi connectivity index (χ0n) is 28.1. The number of ether oxygens (including phenoxy) is 1. The molecular formula is C36H39F2N9O3. The number of hydrogen-bond acceptors (Lipinski definition) is 8. The van der Waals surface area contributed by atoms with Crippen molar-refractivity contribution < 1.29 is 23.1 Å². The van der Waals surface area contributed by atoms with Crippen LogP contribution in [0.15, 0.2) is 42.7 Å². The third-order valence-corrected chi connectivity index (χ3v) is 10.6. The standard InChI is InChI=1S/C36H39F2N9O3/c1-18(42-35(48)23-14-40-32(31(37)38)41-15-23)26-9-7-21-12-28(47(33(21)43-26)16-19-4-5-19)34-44-27-11-22(13-29(50-3)30(27)45(34)2)36(49)46-17-25(39)20-6-8-24(46)10-20/h7,9,11-15,18-20,24-25,31H,4-6,8,10,16-17,39H2,1-3H3,(H,42,48)/t18-,20-,24+,25+/m1/s1. The second-order valence-corrected chi connectivity index (χ2v) is 13.9. The van der Waals surface area contributed by atoms with Crippen LogP contribution in [0.4, 0.5) is 8.78 Å². The number of nitrogens with one attached hydrogen (secondary N) is 1. The number of methoxy groups -OCH3 is 1. The number of aromatic nitrogens is 6. The summed E-state index contributed by atoms with van der Waals surface area (Å²) in [5, 5.41) is 3.80. The normalized spacial score (nSPS) is 20.9. The highest BCUT2D eigenvalue weighted by Gasteiger charge is 2.41. The maximum absolute atomic E-state index is 13.9. The highest BCUT2D eigenvalue weighted by Crippen LogP contribution is 2.40. The van der Waals surface area contributed by atoms with Crippen molar-refractivity contribution in [2.24, 2.45) is 24.6 Å². The van der Waals surface area contributed by atoms with E-state index in [4.69, 9.17) is 20.4 Å². The van der Waals surface area contributed by atoms with Gasteiger partial charge in [0, 0.05) is 55.6 Å². The van der Waals surface area contributed by atoms with Crippen molar-refractivity contribution in [2.75, 3.05) is 13.7 Å². The van der Waals surface area contributed by atoms with Crippen LogP contribution in [0.3, 0.4) is 0 Å². The molecule has 12 nitrogen and oxygen atoms in total. The van der Waals surface area contributed by atoms with Crippen molar-refractivity contribution in [3.63, 3.8) is 0 Å². The van der Waals surface area contributed by atoms with Crippen LogP contribution in [0.5, 0.6) is 5.75 Å². The highest BCUT2D eigenvalue weighted by molar-refractivity contribution is 6.00. The number of likely N-dealkylation sites (tertiary alicyclic amines) is 1. The number of fused-ring (bicyclic) bond motifs is 4.